The van der Waals surface area contributed by atoms with E-state index in [4.69, 9.17) is 37.9 Å². The van der Waals surface area contributed by atoms with Gasteiger partial charge in [-0.25, -0.2) is 4.79 Å². The summed E-state index contributed by atoms with van der Waals surface area (Å²) in [5.74, 6) is -0.345. The van der Waals surface area contributed by atoms with E-state index >= 15 is 0 Å². The topological polar surface area (TPSA) is 209 Å². The number of fused-ring (bicyclic) bond motifs is 5. The lowest BCUT2D eigenvalue weighted by atomic mass is 9.42. The van der Waals surface area contributed by atoms with Gasteiger partial charge in [-0.3, -0.25) is 4.79 Å². The van der Waals surface area contributed by atoms with Crippen LogP contribution in [0.25, 0.3) is 0 Å². The van der Waals surface area contributed by atoms with E-state index in [0.29, 0.717) is 18.8 Å². The van der Waals surface area contributed by atoms with Crippen molar-refractivity contribution in [3.63, 3.8) is 0 Å². The molecule has 4 aliphatic carbocycles. The molecule has 4 aliphatic heterocycles. The summed E-state index contributed by atoms with van der Waals surface area (Å²) in [6.07, 6.45) is -1.66. The second-order valence-electron chi connectivity index (χ2n) is 19.4. The smallest absolute Gasteiger partial charge is 0.331 e. The number of hydrogen-bond donors (Lipinski definition) is 5. The van der Waals surface area contributed by atoms with E-state index in [2.05, 4.69) is 6.92 Å². The van der Waals surface area contributed by atoms with Gasteiger partial charge in [0.1, 0.15) is 31.0 Å². The molecule has 0 bridgehead atoms. The summed E-state index contributed by atoms with van der Waals surface area (Å²) >= 11 is 0. The first-order chi connectivity index (χ1) is 27.4. The monoisotopic (exact) mass is 822 g/mol. The van der Waals surface area contributed by atoms with E-state index in [0.717, 1.165) is 44.1 Å². The van der Waals surface area contributed by atoms with Crippen LogP contribution in [0.4, 0.5) is 0 Å². The van der Waals surface area contributed by atoms with E-state index < -0.39 is 96.9 Å². The molecule has 0 aromatic heterocycles. The van der Waals surface area contributed by atoms with Crippen molar-refractivity contribution in [2.24, 2.45) is 34.5 Å². The highest BCUT2D eigenvalue weighted by Gasteiger charge is 2.71. The van der Waals surface area contributed by atoms with Gasteiger partial charge in [-0.15, -0.1) is 0 Å². The minimum absolute atomic E-state index is 0.0561. The number of esters is 2. The molecule has 7 fully saturated rings. The Labute approximate surface area is 341 Å². The Morgan fingerprint density at radius 1 is 0.759 bits per heavy atom. The van der Waals surface area contributed by atoms with Crippen molar-refractivity contribution in [2.75, 3.05) is 6.61 Å². The third-order valence-corrected chi connectivity index (χ3v) is 16.2. The lowest BCUT2D eigenvalue weighted by Crippen LogP contribution is -2.67. The van der Waals surface area contributed by atoms with Crippen molar-refractivity contribution in [3.8, 4) is 0 Å². The van der Waals surface area contributed by atoms with Crippen LogP contribution >= 0.6 is 0 Å². The van der Waals surface area contributed by atoms with Crippen LogP contribution in [0.2, 0.25) is 0 Å². The van der Waals surface area contributed by atoms with Gasteiger partial charge in [0, 0.05) is 37.7 Å². The third kappa shape index (κ3) is 7.49. The summed E-state index contributed by atoms with van der Waals surface area (Å²) in [6.45, 7) is 11.2. The van der Waals surface area contributed by atoms with Gasteiger partial charge in [-0.1, -0.05) is 13.8 Å². The summed E-state index contributed by atoms with van der Waals surface area (Å²) in [4.78, 5) is 23.5. The molecule has 5 N–H and O–H groups in total. The Hall–Kier alpha value is -1.76. The molecule has 4 saturated carbocycles. The molecule has 4 heterocycles. The normalized spacial score (nSPS) is 53.2. The number of cyclic esters (lactones) is 1. The Morgan fingerprint density at radius 2 is 1.38 bits per heavy atom. The summed E-state index contributed by atoms with van der Waals surface area (Å²) < 4.78 is 47.7. The molecule has 328 valence electrons. The molecular weight excluding hydrogens is 756 g/mol. The van der Waals surface area contributed by atoms with Gasteiger partial charge in [-0.05, 0) is 107 Å². The number of ether oxygens (including phenoxy) is 8. The average Bonchev–Trinajstić information content (AvgIpc) is 3.70. The van der Waals surface area contributed by atoms with Crippen molar-refractivity contribution < 1.29 is 73.0 Å². The summed E-state index contributed by atoms with van der Waals surface area (Å²) in [5.41, 5.74) is -0.918. The van der Waals surface area contributed by atoms with E-state index in [1.54, 1.807) is 19.9 Å². The number of carbonyl (C=O) groups excluding carboxylic acids is 2. The number of aliphatic hydroxyl groups excluding tert-OH is 4. The van der Waals surface area contributed by atoms with Crippen molar-refractivity contribution in [2.45, 2.75) is 204 Å². The van der Waals surface area contributed by atoms with E-state index in [1.165, 1.54) is 6.92 Å². The maximum atomic E-state index is 12.6. The lowest BCUT2D eigenvalue weighted by molar-refractivity contribution is -0.336. The zero-order valence-corrected chi connectivity index (χ0v) is 34.8. The zero-order chi connectivity index (χ0) is 41.5. The van der Waals surface area contributed by atoms with Crippen LogP contribution in [0, 0.1) is 34.5 Å². The number of carbonyl (C=O) groups is 2. The highest BCUT2D eigenvalue weighted by molar-refractivity contribution is 5.85. The van der Waals surface area contributed by atoms with Gasteiger partial charge in [0.25, 0.3) is 0 Å². The predicted octanol–water partition coefficient (Wildman–Crippen LogP) is 2.79. The van der Waals surface area contributed by atoms with Crippen LogP contribution in [0.15, 0.2) is 11.6 Å². The fourth-order valence-electron chi connectivity index (χ4n) is 13.1. The highest BCUT2D eigenvalue weighted by Crippen LogP contribution is 2.70. The molecule has 8 aliphatic rings. The molecule has 0 aromatic carbocycles. The van der Waals surface area contributed by atoms with Gasteiger partial charge in [0.15, 0.2) is 18.9 Å². The maximum absolute atomic E-state index is 12.6. The summed E-state index contributed by atoms with van der Waals surface area (Å²) in [7, 11) is 0. The second kappa shape index (κ2) is 16.2. The Morgan fingerprint density at radius 3 is 1.98 bits per heavy atom. The molecule has 0 aromatic rings. The fourth-order valence-corrected chi connectivity index (χ4v) is 13.1. The van der Waals surface area contributed by atoms with Gasteiger partial charge in [0.2, 0.25) is 0 Å². The second-order valence-corrected chi connectivity index (χ2v) is 19.4. The molecule has 0 amide bonds. The van der Waals surface area contributed by atoms with Crippen LogP contribution in [0.5, 0.6) is 0 Å². The first-order valence-electron chi connectivity index (χ1n) is 21.8. The van der Waals surface area contributed by atoms with Crippen molar-refractivity contribution >= 4 is 11.9 Å². The van der Waals surface area contributed by atoms with Gasteiger partial charge in [0.05, 0.1) is 48.3 Å². The molecule has 0 spiro atoms. The van der Waals surface area contributed by atoms with Crippen LogP contribution in [-0.4, -0.2) is 136 Å². The van der Waals surface area contributed by atoms with Gasteiger partial charge in [-0.2, -0.15) is 0 Å². The molecular formula is C43H66O15. The minimum atomic E-state index is -1.02. The molecule has 21 atom stereocenters. The van der Waals surface area contributed by atoms with Gasteiger partial charge < -0.3 is 63.4 Å². The molecule has 0 radical (unpaired) electrons. The number of aliphatic hydroxyl groups is 5. The molecule has 15 nitrogen and oxygen atoms in total. The summed E-state index contributed by atoms with van der Waals surface area (Å²) in [5, 5.41) is 57.3. The predicted molar refractivity (Wildman–Crippen MR) is 202 cm³/mol. The fraction of sp³-hybridized carbons (Fsp3) is 0.907. The lowest BCUT2D eigenvalue weighted by Gasteiger charge is -2.65. The third-order valence-electron chi connectivity index (χ3n) is 16.2. The standard InChI is InChI=1S/C43H66O15/c1-20-38(49)32(55-23(4)44)18-37(52-20)58-40-22(3)54-36(17-31(40)46)57-39-21(2)53-35(16-30(39)45)56-26-9-11-41(5)25(14-26)7-8-28-29(41)15-33(47)42(6)27(10-12-43(28,42)50)24-13-34(48)51-19-24/h13,20-22,25-33,35-40,45-47,49-50H,7-12,14-19H2,1-6H3/t20-,21-,22-,25?,26+,27-,28?,29?,30+,31+,32+,33-,35+,36+,37+,38-,39-,40-,41+,42+,43+/m1/s1. The molecule has 3 saturated heterocycles. The molecule has 58 heavy (non-hydrogen) atoms. The van der Waals surface area contributed by atoms with Crippen LogP contribution in [0.1, 0.15) is 112 Å². The number of hydrogen-bond acceptors (Lipinski definition) is 15. The van der Waals surface area contributed by atoms with Crippen LogP contribution in [0.3, 0.4) is 0 Å². The van der Waals surface area contributed by atoms with Crippen LogP contribution < -0.4 is 0 Å². The molecule has 8 rings (SSSR count). The maximum Gasteiger partial charge on any atom is 0.331 e. The zero-order valence-electron chi connectivity index (χ0n) is 34.8. The quantitative estimate of drug-likeness (QED) is 0.176. The van der Waals surface area contributed by atoms with Crippen molar-refractivity contribution in [1.82, 2.24) is 0 Å². The Bertz CT molecular complexity index is 1530. The van der Waals surface area contributed by atoms with E-state index in [9.17, 15) is 35.1 Å². The average molecular weight is 823 g/mol. The van der Waals surface area contributed by atoms with E-state index in [-0.39, 0.29) is 61.1 Å². The first kappa shape index (κ1) is 42.9. The Kier molecular flexibility index (Phi) is 12.0. The van der Waals surface area contributed by atoms with Crippen molar-refractivity contribution in [1.29, 1.82) is 0 Å². The van der Waals surface area contributed by atoms with Crippen molar-refractivity contribution in [3.05, 3.63) is 11.6 Å². The first-order valence-corrected chi connectivity index (χ1v) is 21.8. The summed E-state index contributed by atoms with van der Waals surface area (Å²) in [6, 6.07) is 0. The molecule has 3 unspecified atom stereocenters. The highest BCUT2D eigenvalue weighted by atomic mass is 16.7. The van der Waals surface area contributed by atoms with Crippen LogP contribution in [-0.2, 0) is 47.5 Å². The largest absolute Gasteiger partial charge is 0.459 e. The van der Waals surface area contributed by atoms with Gasteiger partial charge >= 0.3 is 11.9 Å². The minimum Gasteiger partial charge on any atom is -0.459 e. The van der Waals surface area contributed by atoms with E-state index in [1.807, 2.05) is 13.8 Å². The Balaban J connectivity index is 0.829. The molecule has 15 heteroatoms. The SMILES string of the molecule is CC(=O)O[C@H]1C[C@H](O[C@H]2[C@@H](O)C[C@H](O[C@H]3[C@@H](O)C[C@H](O[C@H]4CC[C@@]5(C)C(CCC6C5C[C@@H](O)[C@]5(C)[C@@H](C7=CC(=O)OC7)CC[C@]65O)C4)O[C@@H]3C)O[C@@H]2C)O[C@H](C)[C@H]1O. The number of rotatable bonds is 8.